The molecule has 1 heterocycles. The normalized spacial score (nSPS) is 18.1. The van der Waals surface area contributed by atoms with E-state index in [0.717, 1.165) is 11.1 Å². The van der Waals surface area contributed by atoms with Crippen LogP contribution >= 0.6 is 23.4 Å². The largest absolute Gasteiger partial charge is 0.508 e. The standard InChI is InChI=1S/C17H15ClF3NOS/c18-11-3-1-10(2-4-11)15-9-22-6-5-13-14(15)7-12(23)8-16(13)24-17(19,20)21/h1-4,7-8,15,22-23H,5-6,9H2. The molecule has 2 N–H and O–H groups in total. The van der Waals surface area contributed by atoms with Crippen LogP contribution in [0.2, 0.25) is 5.02 Å². The van der Waals surface area contributed by atoms with Crippen LogP contribution in [0.5, 0.6) is 5.75 Å². The van der Waals surface area contributed by atoms with Crippen molar-refractivity contribution in [2.45, 2.75) is 22.7 Å². The van der Waals surface area contributed by atoms with E-state index in [4.69, 9.17) is 11.6 Å². The first-order chi connectivity index (χ1) is 11.3. The van der Waals surface area contributed by atoms with Gasteiger partial charge in [0, 0.05) is 22.4 Å². The van der Waals surface area contributed by atoms with Gasteiger partial charge in [-0.15, -0.1) is 0 Å². The van der Waals surface area contributed by atoms with Gasteiger partial charge in [-0.05, 0) is 65.7 Å². The monoisotopic (exact) mass is 373 g/mol. The second-order valence-electron chi connectivity index (χ2n) is 5.62. The lowest BCUT2D eigenvalue weighted by molar-refractivity contribution is -0.0328. The Bertz CT molecular complexity index is 734. The number of nitrogens with one attached hydrogen (secondary N) is 1. The molecule has 0 aliphatic carbocycles. The molecule has 24 heavy (non-hydrogen) atoms. The van der Waals surface area contributed by atoms with Gasteiger partial charge in [-0.3, -0.25) is 0 Å². The second-order valence-corrected chi connectivity index (χ2v) is 7.16. The van der Waals surface area contributed by atoms with E-state index in [1.165, 1.54) is 6.07 Å². The van der Waals surface area contributed by atoms with E-state index in [2.05, 4.69) is 5.32 Å². The molecule has 2 aromatic carbocycles. The molecule has 0 saturated heterocycles. The predicted octanol–water partition coefficient (Wildman–Crippen LogP) is 4.94. The Kier molecular flexibility index (Phi) is 4.99. The van der Waals surface area contributed by atoms with E-state index in [1.54, 1.807) is 18.2 Å². The molecule has 0 spiro atoms. The quantitative estimate of drug-likeness (QED) is 0.732. The summed E-state index contributed by atoms with van der Waals surface area (Å²) < 4.78 is 38.6. The molecule has 2 nitrogen and oxygen atoms in total. The fourth-order valence-electron chi connectivity index (χ4n) is 3.01. The molecule has 0 aromatic heterocycles. The van der Waals surface area contributed by atoms with Crippen LogP contribution in [0.1, 0.15) is 22.6 Å². The molecule has 2 aromatic rings. The van der Waals surface area contributed by atoms with Gasteiger partial charge in [-0.2, -0.15) is 13.2 Å². The molecule has 0 bridgehead atoms. The Morgan fingerprint density at radius 3 is 2.54 bits per heavy atom. The Balaban J connectivity index is 2.09. The zero-order valence-electron chi connectivity index (χ0n) is 12.5. The second kappa shape index (κ2) is 6.86. The summed E-state index contributed by atoms with van der Waals surface area (Å²) in [6, 6.07) is 10.0. The van der Waals surface area contributed by atoms with Gasteiger partial charge in [0.05, 0.1) is 0 Å². The Morgan fingerprint density at radius 2 is 1.88 bits per heavy atom. The number of rotatable bonds is 2. The maximum atomic E-state index is 12.9. The van der Waals surface area contributed by atoms with Crippen molar-refractivity contribution in [3.8, 4) is 5.75 Å². The van der Waals surface area contributed by atoms with E-state index in [0.29, 0.717) is 30.1 Å². The number of phenols is 1. The maximum Gasteiger partial charge on any atom is 0.446 e. The molecule has 3 rings (SSSR count). The Morgan fingerprint density at radius 1 is 1.17 bits per heavy atom. The third-order valence-electron chi connectivity index (χ3n) is 4.00. The highest BCUT2D eigenvalue weighted by molar-refractivity contribution is 8.00. The number of thioether (sulfide) groups is 1. The van der Waals surface area contributed by atoms with Gasteiger partial charge in [-0.1, -0.05) is 23.7 Å². The number of hydrogen-bond acceptors (Lipinski definition) is 3. The van der Waals surface area contributed by atoms with Gasteiger partial charge in [-0.25, -0.2) is 0 Å². The minimum atomic E-state index is -4.39. The van der Waals surface area contributed by atoms with Crippen molar-refractivity contribution in [3.63, 3.8) is 0 Å². The summed E-state index contributed by atoms with van der Waals surface area (Å²) in [6.07, 6.45) is 0.484. The number of fused-ring (bicyclic) bond motifs is 1. The molecule has 7 heteroatoms. The van der Waals surface area contributed by atoms with Crippen molar-refractivity contribution in [2.75, 3.05) is 13.1 Å². The highest BCUT2D eigenvalue weighted by Gasteiger charge is 2.32. The number of phenolic OH excluding ortho intramolecular Hbond substituents is 1. The van der Waals surface area contributed by atoms with Crippen molar-refractivity contribution in [1.29, 1.82) is 0 Å². The third kappa shape index (κ3) is 3.99. The van der Waals surface area contributed by atoms with Gasteiger partial charge in [0.15, 0.2) is 0 Å². The molecule has 1 unspecified atom stereocenters. The van der Waals surface area contributed by atoms with E-state index in [9.17, 15) is 18.3 Å². The average molecular weight is 374 g/mol. The van der Waals surface area contributed by atoms with Crippen LogP contribution in [-0.4, -0.2) is 23.7 Å². The minimum absolute atomic E-state index is 0.0696. The molecule has 0 fully saturated rings. The van der Waals surface area contributed by atoms with Crippen LogP contribution < -0.4 is 5.32 Å². The van der Waals surface area contributed by atoms with Gasteiger partial charge >= 0.3 is 5.51 Å². The molecule has 0 saturated carbocycles. The molecule has 0 radical (unpaired) electrons. The first kappa shape index (κ1) is 17.5. The van der Waals surface area contributed by atoms with E-state index >= 15 is 0 Å². The molecule has 1 aliphatic heterocycles. The molecule has 1 atom stereocenters. The maximum absolute atomic E-state index is 12.9. The molecule has 0 amide bonds. The fourth-order valence-corrected chi connectivity index (χ4v) is 3.91. The summed E-state index contributed by atoms with van der Waals surface area (Å²) in [7, 11) is 0. The Labute approximate surface area is 147 Å². The highest BCUT2D eigenvalue weighted by Crippen LogP contribution is 2.43. The zero-order chi connectivity index (χ0) is 17.3. The predicted molar refractivity (Wildman–Crippen MR) is 89.9 cm³/mol. The summed E-state index contributed by atoms with van der Waals surface area (Å²) in [5.41, 5.74) is -2.07. The summed E-state index contributed by atoms with van der Waals surface area (Å²) in [5.74, 6) is -0.291. The van der Waals surface area contributed by atoms with Gasteiger partial charge in [0.2, 0.25) is 0 Å². The lowest BCUT2D eigenvalue weighted by Gasteiger charge is -2.21. The average Bonchev–Trinajstić information content (AvgIpc) is 2.69. The smallest absolute Gasteiger partial charge is 0.446 e. The molecule has 1 aliphatic rings. The van der Waals surface area contributed by atoms with Crippen molar-refractivity contribution in [3.05, 3.63) is 58.1 Å². The fraction of sp³-hybridized carbons (Fsp3) is 0.294. The van der Waals surface area contributed by atoms with Gasteiger partial charge < -0.3 is 10.4 Å². The van der Waals surface area contributed by atoms with Crippen LogP contribution in [0.25, 0.3) is 0 Å². The molecule has 128 valence electrons. The molecular weight excluding hydrogens is 359 g/mol. The number of aromatic hydroxyl groups is 1. The van der Waals surface area contributed by atoms with Crippen molar-refractivity contribution < 1.29 is 18.3 Å². The van der Waals surface area contributed by atoms with Gasteiger partial charge in [0.1, 0.15) is 5.75 Å². The van der Waals surface area contributed by atoms with E-state index < -0.39 is 5.51 Å². The summed E-state index contributed by atoms with van der Waals surface area (Å²) >= 11 is 5.75. The first-order valence-electron chi connectivity index (χ1n) is 7.41. The third-order valence-corrected chi connectivity index (χ3v) is 5.07. The minimum Gasteiger partial charge on any atom is -0.508 e. The zero-order valence-corrected chi connectivity index (χ0v) is 14.1. The van der Waals surface area contributed by atoms with Crippen LogP contribution in [0, 0.1) is 0 Å². The SMILES string of the molecule is Oc1cc(SC(F)(F)F)c2c(c1)C(c1ccc(Cl)cc1)CNCC2. The molecular formula is C17H15ClF3NOS. The van der Waals surface area contributed by atoms with E-state index in [1.807, 2.05) is 12.1 Å². The van der Waals surface area contributed by atoms with Crippen LogP contribution in [0.4, 0.5) is 13.2 Å². The lowest BCUT2D eigenvalue weighted by atomic mass is 9.88. The topological polar surface area (TPSA) is 32.3 Å². The van der Waals surface area contributed by atoms with Crippen LogP contribution in [0.15, 0.2) is 41.3 Å². The van der Waals surface area contributed by atoms with Gasteiger partial charge in [0.25, 0.3) is 0 Å². The summed E-state index contributed by atoms with van der Waals surface area (Å²) in [6.45, 7) is 1.18. The number of halogens is 4. The highest BCUT2D eigenvalue weighted by atomic mass is 35.5. The van der Waals surface area contributed by atoms with Crippen LogP contribution in [-0.2, 0) is 6.42 Å². The number of alkyl halides is 3. The van der Waals surface area contributed by atoms with Crippen molar-refractivity contribution in [2.24, 2.45) is 0 Å². The van der Waals surface area contributed by atoms with Crippen molar-refractivity contribution >= 4 is 23.4 Å². The van der Waals surface area contributed by atoms with E-state index in [-0.39, 0.29) is 28.3 Å². The Hall–Kier alpha value is -1.37. The summed E-state index contributed by atoms with van der Waals surface area (Å²) in [5, 5.41) is 13.8. The first-order valence-corrected chi connectivity index (χ1v) is 8.60. The number of hydrogen-bond donors (Lipinski definition) is 2. The summed E-state index contributed by atoms with van der Waals surface area (Å²) in [4.78, 5) is 0.0696. The lowest BCUT2D eigenvalue weighted by Crippen LogP contribution is -2.20. The number of benzene rings is 2. The van der Waals surface area contributed by atoms with Crippen molar-refractivity contribution in [1.82, 2.24) is 5.32 Å². The van der Waals surface area contributed by atoms with Crippen LogP contribution in [0.3, 0.4) is 0 Å².